The number of fused-ring (bicyclic) bond motifs is 2. The van der Waals surface area contributed by atoms with Gasteiger partial charge in [0.05, 0.1) is 11.6 Å². The van der Waals surface area contributed by atoms with Gasteiger partial charge in [0.15, 0.2) is 0 Å². The van der Waals surface area contributed by atoms with Crippen LogP contribution in [0.4, 0.5) is 5.00 Å². The summed E-state index contributed by atoms with van der Waals surface area (Å²) in [5.74, 6) is 0. The fourth-order valence-corrected chi connectivity index (χ4v) is 4.59. The van der Waals surface area contributed by atoms with Gasteiger partial charge in [0.1, 0.15) is 5.00 Å². The van der Waals surface area contributed by atoms with Crippen LogP contribution in [0.2, 0.25) is 0 Å². The average Bonchev–Trinajstić information content (AvgIpc) is 3.06. The van der Waals surface area contributed by atoms with Crippen molar-refractivity contribution in [3.63, 3.8) is 0 Å². The fourth-order valence-electron chi connectivity index (χ4n) is 2.79. The Kier molecular flexibility index (Phi) is 2.78. The van der Waals surface area contributed by atoms with E-state index >= 15 is 0 Å². The highest BCUT2D eigenvalue weighted by molar-refractivity contribution is 7.11. The molecular formula is C15H14N2S2. The summed E-state index contributed by atoms with van der Waals surface area (Å²) in [5.41, 5.74) is 2.59. The second-order valence-corrected chi connectivity index (χ2v) is 6.69. The number of rotatable bonds is 2. The van der Waals surface area contributed by atoms with Crippen molar-refractivity contribution in [2.45, 2.75) is 25.3 Å². The fraction of sp³-hybridized carbons (Fsp3) is 0.267. The van der Waals surface area contributed by atoms with Crippen molar-refractivity contribution in [1.82, 2.24) is 4.37 Å². The molecule has 4 rings (SSSR count). The van der Waals surface area contributed by atoms with Crippen LogP contribution in [-0.2, 0) is 6.42 Å². The molecule has 1 N–H and O–H groups in total. The van der Waals surface area contributed by atoms with Gasteiger partial charge in [0.2, 0.25) is 0 Å². The number of nitrogens with zero attached hydrogens (tertiary/aromatic N) is 1. The van der Waals surface area contributed by atoms with Gasteiger partial charge in [0.25, 0.3) is 0 Å². The molecule has 3 aromatic rings. The van der Waals surface area contributed by atoms with Gasteiger partial charge in [-0.15, -0.1) is 11.3 Å². The molecule has 0 spiro atoms. The zero-order valence-corrected chi connectivity index (χ0v) is 12.1. The summed E-state index contributed by atoms with van der Waals surface area (Å²) in [7, 11) is 0. The third-order valence-electron chi connectivity index (χ3n) is 3.74. The van der Waals surface area contributed by atoms with E-state index in [-0.39, 0.29) is 0 Å². The molecule has 1 unspecified atom stereocenters. The van der Waals surface area contributed by atoms with Crippen molar-refractivity contribution in [3.05, 3.63) is 46.2 Å². The SMILES string of the molecule is c1ccc2c(NC3CCCc4sccc43)snc2c1. The van der Waals surface area contributed by atoms with Gasteiger partial charge in [-0.05, 0) is 59.9 Å². The minimum Gasteiger partial charge on any atom is -0.368 e. The molecule has 2 aromatic heterocycles. The number of anilines is 1. The second-order valence-electron chi connectivity index (χ2n) is 4.92. The Morgan fingerprint density at radius 2 is 2.16 bits per heavy atom. The molecule has 1 aromatic carbocycles. The number of nitrogens with one attached hydrogen (secondary N) is 1. The lowest BCUT2D eigenvalue weighted by Crippen LogP contribution is -2.15. The van der Waals surface area contributed by atoms with Crippen LogP contribution in [0.25, 0.3) is 10.9 Å². The van der Waals surface area contributed by atoms with Gasteiger partial charge in [-0.25, -0.2) is 0 Å². The number of aromatic nitrogens is 1. The predicted octanol–water partition coefficient (Wildman–Crippen LogP) is 4.85. The Balaban J connectivity index is 1.70. The first kappa shape index (κ1) is 11.4. The van der Waals surface area contributed by atoms with Gasteiger partial charge in [-0.1, -0.05) is 12.1 Å². The highest BCUT2D eigenvalue weighted by Gasteiger charge is 2.22. The molecule has 19 heavy (non-hydrogen) atoms. The molecule has 1 aliphatic rings. The van der Waals surface area contributed by atoms with E-state index in [0.29, 0.717) is 6.04 Å². The van der Waals surface area contributed by atoms with E-state index in [1.54, 1.807) is 16.4 Å². The van der Waals surface area contributed by atoms with Gasteiger partial charge < -0.3 is 5.32 Å². The van der Waals surface area contributed by atoms with Crippen LogP contribution < -0.4 is 5.32 Å². The lowest BCUT2D eigenvalue weighted by Gasteiger charge is -2.23. The molecule has 0 aliphatic heterocycles. The van der Waals surface area contributed by atoms with E-state index in [0.717, 1.165) is 5.52 Å². The van der Waals surface area contributed by atoms with Gasteiger partial charge >= 0.3 is 0 Å². The lowest BCUT2D eigenvalue weighted by atomic mass is 9.94. The van der Waals surface area contributed by atoms with E-state index in [1.807, 2.05) is 17.4 Å². The van der Waals surface area contributed by atoms with Crippen LogP contribution in [0.5, 0.6) is 0 Å². The summed E-state index contributed by atoms with van der Waals surface area (Å²) in [4.78, 5) is 1.55. The smallest absolute Gasteiger partial charge is 0.117 e. The highest BCUT2D eigenvalue weighted by Crippen LogP contribution is 2.38. The molecule has 0 fully saturated rings. The summed E-state index contributed by atoms with van der Waals surface area (Å²) in [6, 6.07) is 11.1. The van der Waals surface area contributed by atoms with E-state index < -0.39 is 0 Å². The molecule has 96 valence electrons. The summed E-state index contributed by atoms with van der Waals surface area (Å²) in [6.07, 6.45) is 3.74. The Hall–Kier alpha value is -1.39. The number of benzene rings is 1. The number of thiophene rings is 1. The first-order valence-electron chi connectivity index (χ1n) is 6.59. The van der Waals surface area contributed by atoms with Gasteiger partial charge in [-0.2, -0.15) is 4.37 Å². The summed E-state index contributed by atoms with van der Waals surface area (Å²) in [6.45, 7) is 0. The van der Waals surface area contributed by atoms with E-state index in [4.69, 9.17) is 0 Å². The van der Waals surface area contributed by atoms with Gasteiger partial charge in [-0.3, -0.25) is 0 Å². The maximum atomic E-state index is 4.51. The minimum atomic E-state index is 0.457. The minimum absolute atomic E-state index is 0.457. The summed E-state index contributed by atoms with van der Waals surface area (Å²) in [5, 5.41) is 8.38. The molecule has 4 heteroatoms. The highest BCUT2D eigenvalue weighted by atomic mass is 32.1. The Bertz CT molecular complexity index is 714. The number of hydrogen-bond donors (Lipinski definition) is 1. The zero-order chi connectivity index (χ0) is 12.7. The Morgan fingerprint density at radius 3 is 3.16 bits per heavy atom. The van der Waals surface area contributed by atoms with Crippen molar-refractivity contribution in [1.29, 1.82) is 0 Å². The van der Waals surface area contributed by atoms with Crippen LogP contribution in [0, 0.1) is 0 Å². The van der Waals surface area contributed by atoms with Crippen molar-refractivity contribution in [2.75, 3.05) is 5.32 Å². The topological polar surface area (TPSA) is 24.9 Å². The first-order chi connectivity index (χ1) is 9.42. The third kappa shape index (κ3) is 1.95. The quantitative estimate of drug-likeness (QED) is 0.728. The Labute approximate surface area is 120 Å². The molecule has 2 nitrogen and oxygen atoms in total. The molecule has 0 saturated carbocycles. The van der Waals surface area contributed by atoms with Crippen LogP contribution in [0.1, 0.15) is 29.3 Å². The zero-order valence-electron chi connectivity index (χ0n) is 10.4. The van der Waals surface area contributed by atoms with Gasteiger partial charge in [0, 0.05) is 10.3 Å². The van der Waals surface area contributed by atoms with Crippen LogP contribution >= 0.6 is 22.9 Å². The van der Waals surface area contributed by atoms with E-state index in [9.17, 15) is 0 Å². The van der Waals surface area contributed by atoms with Crippen LogP contribution in [0.15, 0.2) is 35.7 Å². The first-order valence-corrected chi connectivity index (χ1v) is 8.24. The average molecular weight is 286 g/mol. The maximum Gasteiger partial charge on any atom is 0.117 e. The molecule has 0 bridgehead atoms. The molecule has 0 amide bonds. The van der Waals surface area contributed by atoms with E-state index in [1.165, 1.54) is 35.2 Å². The number of hydrogen-bond acceptors (Lipinski definition) is 4. The lowest BCUT2D eigenvalue weighted by molar-refractivity contribution is 0.610. The third-order valence-corrected chi connectivity index (χ3v) is 5.55. The largest absolute Gasteiger partial charge is 0.368 e. The monoisotopic (exact) mass is 286 g/mol. The second kappa shape index (κ2) is 4.62. The summed E-state index contributed by atoms with van der Waals surface area (Å²) < 4.78 is 4.51. The predicted molar refractivity (Wildman–Crippen MR) is 83.2 cm³/mol. The molecule has 0 radical (unpaired) electrons. The van der Waals surface area contributed by atoms with Crippen molar-refractivity contribution >= 4 is 38.8 Å². The van der Waals surface area contributed by atoms with Crippen molar-refractivity contribution in [3.8, 4) is 0 Å². The summed E-state index contributed by atoms with van der Waals surface area (Å²) >= 11 is 3.47. The molecule has 1 atom stereocenters. The molecular weight excluding hydrogens is 272 g/mol. The van der Waals surface area contributed by atoms with Crippen LogP contribution in [0.3, 0.4) is 0 Å². The van der Waals surface area contributed by atoms with Crippen LogP contribution in [-0.4, -0.2) is 4.37 Å². The van der Waals surface area contributed by atoms with E-state index in [2.05, 4.69) is 39.3 Å². The standard InChI is InChI=1S/C15H14N2S2/c1-2-5-13-11(4-1)15(19-17-13)16-12-6-3-7-14-10(12)8-9-18-14/h1-2,4-5,8-9,12,16H,3,6-7H2. The van der Waals surface area contributed by atoms with Crippen molar-refractivity contribution < 1.29 is 0 Å². The number of aryl methyl sites for hydroxylation is 1. The molecule has 0 saturated heterocycles. The normalized spacial score (nSPS) is 18.4. The van der Waals surface area contributed by atoms with Crippen molar-refractivity contribution in [2.24, 2.45) is 0 Å². The Morgan fingerprint density at radius 1 is 1.21 bits per heavy atom. The maximum absolute atomic E-state index is 4.51. The molecule has 1 aliphatic carbocycles. The molecule has 2 heterocycles.